The molecule has 4 aliphatic heterocycles. The molecule has 4 atom stereocenters. The van der Waals surface area contributed by atoms with E-state index < -0.39 is 0 Å². The summed E-state index contributed by atoms with van der Waals surface area (Å²) in [4.78, 5) is 0. The summed E-state index contributed by atoms with van der Waals surface area (Å²) in [5, 5.41) is 4.28. The summed E-state index contributed by atoms with van der Waals surface area (Å²) in [7, 11) is 8.43. The molecule has 47 heavy (non-hydrogen) atoms. The molecule has 8 rings (SSSR count). The Kier molecular flexibility index (Phi) is 30.4. The second-order valence-electron chi connectivity index (χ2n) is 10.2. The fourth-order valence-electron chi connectivity index (χ4n) is 6.45. The zero-order valence-electron chi connectivity index (χ0n) is 23.8. The standard InChI is InChI=1S/C15H12O3P2.C15H14O2P2.8Ar/c16-20-12-6-2-4-10-14(12)15(8-18-10)7-17-9-3-1-5-11(19)13(9)15;18-11-5-1-3-9-13(11)15(7-16-9)8-17-10-4-2-6-12(19)14(10)15;;;;;;;;/h1-6H,7-8,19H2;1-6H,7-8,18-19H2;;;;;;;;. The molecular formula is C30H26Ar8O5P4. The van der Waals surface area contributed by atoms with Crippen molar-refractivity contribution in [2.75, 3.05) is 26.4 Å². The molecular weight excluding hydrogens is 884 g/mol. The summed E-state index contributed by atoms with van der Waals surface area (Å²) in [6, 6.07) is 24.1. The fourth-order valence-corrected chi connectivity index (χ4v) is 8.60. The van der Waals surface area contributed by atoms with Gasteiger partial charge in [-0.25, -0.2) is 0 Å². The fraction of sp³-hybridized carbons (Fsp3) is 0.200. The van der Waals surface area contributed by atoms with E-state index in [1.807, 2.05) is 54.6 Å². The first-order chi connectivity index (χ1) is 19.0. The zero-order chi connectivity index (χ0) is 26.8. The minimum Gasteiger partial charge on any atom is -0.492 e. The summed E-state index contributed by atoms with van der Waals surface area (Å²) < 4.78 is 35.1. The van der Waals surface area contributed by atoms with Gasteiger partial charge in [0.05, 0.1) is 16.1 Å². The Morgan fingerprint density at radius 2 is 0.723 bits per heavy atom. The van der Waals surface area contributed by atoms with E-state index in [1.165, 1.54) is 21.7 Å². The van der Waals surface area contributed by atoms with Crippen LogP contribution < -0.4 is 40.2 Å². The Balaban J connectivity index is 0. The number of hydrogen-bond donors (Lipinski definition) is 0. The maximum atomic E-state index is 11.5. The van der Waals surface area contributed by atoms with Gasteiger partial charge in [0, 0.05) is 324 Å². The van der Waals surface area contributed by atoms with Crippen LogP contribution in [-0.2, 0) is 15.4 Å². The van der Waals surface area contributed by atoms with Gasteiger partial charge in [0.25, 0.3) is 0 Å². The van der Waals surface area contributed by atoms with E-state index in [-0.39, 0.29) is 321 Å². The Morgan fingerprint density at radius 3 is 1.04 bits per heavy atom. The van der Waals surface area contributed by atoms with Crippen LogP contribution in [-0.4, -0.2) is 26.4 Å². The van der Waals surface area contributed by atoms with E-state index in [0.29, 0.717) is 26.4 Å². The summed E-state index contributed by atoms with van der Waals surface area (Å²) in [6.07, 6.45) is 0. The number of ether oxygens (including phenoxy) is 4. The second kappa shape index (κ2) is 25.2. The molecule has 5 nitrogen and oxygen atoms in total. The topological polar surface area (TPSA) is 54.0 Å². The molecule has 4 heterocycles. The van der Waals surface area contributed by atoms with Crippen molar-refractivity contribution in [3.8, 4) is 23.0 Å². The third-order valence-electron chi connectivity index (χ3n) is 8.09. The van der Waals surface area contributed by atoms with Crippen molar-refractivity contribution >= 4 is 57.4 Å². The average Bonchev–Trinajstić information content (AvgIpc) is 3.72. The predicted octanol–water partition coefficient (Wildman–Crippen LogP) is 3.93. The van der Waals surface area contributed by atoms with E-state index in [2.05, 4.69) is 45.9 Å². The second-order valence-corrected chi connectivity index (χ2v) is 12.8. The molecule has 4 aromatic rings. The Morgan fingerprint density at radius 1 is 0.447 bits per heavy atom. The molecule has 4 unspecified atom stereocenters. The van der Waals surface area contributed by atoms with Crippen LogP contribution in [0.1, 0.15) is 22.3 Å². The van der Waals surface area contributed by atoms with Crippen molar-refractivity contribution in [2.24, 2.45) is 0 Å². The smallest absolute Gasteiger partial charge is 0.192 e. The summed E-state index contributed by atoms with van der Waals surface area (Å²) >= 11 is 0. The quantitative estimate of drug-likeness (QED) is 0.272. The number of benzene rings is 4. The third kappa shape index (κ3) is 11.0. The molecule has 260 valence electrons. The Hall–Kier alpha value is 7.55. The van der Waals surface area contributed by atoms with E-state index in [1.54, 1.807) is 0 Å². The number of fused-ring (bicyclic) bond motifs is 8. The van der Waals surface area contributed by atoms with Gasteiger partial charge in [-0.2, -0.15) is 0 Å². The predicted molar refractivity (Wildman–Crippen MR) is 165 cm³/mol. The van der Waals surface area contributed by atoms with Crippen LogP contribution in [0.2, 0.25) is 0 Å². The number of hydrogen-bond acceptors (Lipinski definition) is 5. The molecule has 0 saturated carbocycles. The Labute approximate surface area is 524 Å². The molecule has 2 spiro atoms. The summed E-state index contributed by atoms with van der Waals surface area (Å²) in [5.41, 5.74) is 4.17. The molecule has 0 saturated heterocycles. The molecule has 0 radical (unpaired) electrons. The van der Waals surface area contributed by atoms with Crippen LogP contribution in [0.25, 0.3) is 0 Å². The SMILES string of the molecule is O=Pc1cccc2c1C1(COc3cccc(P)c31)CO2.Pc1cccc2c1C1(CO2)COc2cccc(P)c21.[Ar].[Ar].[Ar].[Ar].[Ar].[Ar].[Ar].[Ar]. The van der Waals surface area contributed by atoms with Crippen LogP contribution in [0.3, 0.4) is 0 Å². The van der Waals surface area contributed by atoms with Crippen molar-refractivity contribution in [1.29, 1.82) is 0 Å². The van der Waals surface area contributed by atoms with Crippen molar-refractivity contribution in [3.63, 3.8) is 0 Å². The normalized spacial score (nSPS) is 16.7. The van der Waals surface area contributed by atoms with Crippen LogP contribution in [0.5, 0.6) is 23.0 Å². The van der Waals surface area contributed by atoms with E-state index in [9.17, 15) is 4.57 Å². The van der Waals surface area contributed by atoms with Crippen LogP contribution >= 0.6 is 36.2 Å². The van der Waals surface area contributed by atoms with Crippen LogP contribution in [0.4, 0.5) is 0 Å². The largest absolute Gasteiger partial charge is 0.492 e. The van der Waals surface area contributed by atoms with E-state index in [4.69, 9.17) is 18.9 Å². The molecule has 17 heteroatoms. The van der Waals surface area contributed by atoms with Crippen molar-refractivity contribution < 1.29 is 325 Å². The minimum absolute atomic E-state index is 0. The van der Waals surface area contributed by atoms with Gasteiger partial charge in [-0.05, 0) is 46.2 Å². The number of rotatable bonds is 1. The molecule has 0 aromatic heterocycles. The maximum Gasteiger partial charge on any atom is 0.192 e. The molecule has 0 N–H and O–H groups in total. The van der Waals surface area contributed by atoms with E-state index in [0.717, 1.165) is 44.7 Å². The molecule has 4 aliphatic rings. The van der Waals surface area contributed by atoms with Gasteiger partial charge in [0.1, 0.15) is 49.4 Å². The van der Waals surface area contributed by atoms with Crippen molar-refractivity contribution in [2.45, 2.75) is 10.8 Å². The monoisotopic (exact) mass is 910 g/mol. The molecule has 4 aromatic carbocycles. The molecule has 0 fully saturated rings. The summed E-state index contributed by atoms with van der Waals surface area (Å²) in [5.74, 6) is 3.68. The van der Waals surface area contributed by atoms with Gasteiger partial charge in [-0.1, -0.05) is 42.5 Å². The molecule has 0 aliphatic carbocycles. The summed E-state index contributed by atoms with van der Waals surface area (Å²) in [6.45, 7) is 2.39. The van der Waals surface area contributed by atoms with Crippen molar-refractivity contribution in [1.82, 2.24) is 0 Å². The Bertz CT molecular complexity index is 1620. The van der Waals surface area contributed by atoms with Gasteiger partial charge in [0.2, 0.25) is 0 Å². The minimum atomic E-state index is -0.336. The van der Waals surface area contributed by atoms with Gasteiger partial charge >= 0.3 is 0 Å². The van der Waals surface area contributed by atoms with Gasteiger partial charge in [0.15, 0.2) is 8.46 Å². The first-order valence-electron chi connectivity index (χ1n) is 12.6. The van der Waals surface area contributed by atoms with Crippen LogP contribution in [0.15, 0.2) is 72.8 Å². The van der Waals surface area contributed by atoms with Gasteiger partial charge in [-0.3, -0.25) is 4.57 Å². The first kappa shape index (κ1) is 56.6. The molecule has 0 bridgehead atoms. The van der Waals surface area contributed by atoms with Crippen LogP contribution in [0, 0.1) is 302 Å². The first-order valence-corrected chi connectivity index (χ1v) is 15.2. The van der Waals surface area contributed by atoms with Crippen molar-refractivity contribution in [3.05, 3.63) is 95.1 Å². The van der Waals surface area contributed by atoms with Gasteiger partial charge < -0.3 is 18.9 Å². The van der Waals surface area contributed by atoms with E-state index >= 15 is 0 Å². The third-order valence-corrected chi connectivity index (χ3v) is 10.1. The van der Waals surface area contributed by atoms with Gasteiger partial charge in [-0.15, -0.1) is 27.7 Å². The maximum absolute atomic E-state index is 11.5. The molecule has 0 amide bonds. The zero-order valence-corrected chi connectivity index (χ0v) is 33.8. The average molecular weight is 910 g/mol.